The first-order chi connectivity index (χ1) is 4.00. The van der Waals surface area contributed by atoms with Crippen LogP contribution in [-0.2, 0) is 60.3 Å². The van der Waals surface area contributed by atoms with Crippen molar-refractivity contribution in [2.75, 3.05) is 0 Å². The van der Waals surface area contributed by atoms with Gasteiger partial charge in [-0.3, -0.25) is 0 Å². The maximum atomic E-state index is 8.88. The molecule has 0 rings (SSSR count). The number of rotatable bonds is 0. The monoisotopic (exact) mass is 379 g/mol. The topological polar surface area (TPSA) is 156 Å². The molecule has 0 aromatic rings. The Bertz CT molecular complexity index is 141. The Balaban J connectivity index is -0.0000000128. The van der Waals surface area contributed by atoms with Crippen molar-refractivity contribution in [2.45, 2.75) is 0 Å². The first kappa shape index (κ1) is 43.0. The number of phosphoric acid groups is 2. The molecule has 8 nitrogen and oxygen atoms in total. The van der Waals surface area contributed by atoms with Crippen LogP contribution in [0.1, 0.15) is 0 Å². The minimum Gasteiger partial charge on any atom is 0 e. The van der Waals surface area contributed by atoms with Crippen LogP contribution in [0, 0.1) is 0 Å². The Hall–Kier alpha value is 2.97. The Kier molecular flexibility index (Phi) is 55.4. The smallest absolute Gasteiger partial charge is 0 e. The molecule has 0 spiro atoms. The molecule has 0 aliphatic carbocycles. The fraction of sp³-hybridized carbons (Fsp3) is 0. The van der Waals surface area contributed by atoms with E-state index >= 15 is 0 Å². The summed E-state index contributed by atoms with van der Waals surface area (Å²) in [4.78, 5) is 43.1. The van der Waals surface area contributed by atoms with Gasteiger partial charge in [0.15, 0.2) is 0 Å². The van der Waals surface area contributed by atoms with E-state index in [0.717, 1.165) is 0 Å². The minimum atomic E-state index is -4.64. The van der Waals surface area contributed by atoms with Crippen molar-refractivity contribution in [1.82, 2.24) is 0 Å². The summed E-state index contributed by atoms with van der Waals surface area (Å²) in [7, 11) is -9.28. The van der Waals surface area contributed by atoms with E-state index in [2.05, 4.69) is 0 Å². The molecule has 0 aromatic carbocycles. The first-order valence-electron chi connectivity index (χ1n) is 1.57. The third-order valence-electron chi connectivity index (χ3n) is 0. The molecule has 0 aliphatic heterocycles. The van der Waals surface area contributed by atoms with Crippen LogP contribution in [0.5, 0.6) is 0 Å². The van der Waals surface area contributed by atoms with E-state index in [9.17, 15) is 0 Å². The quantitative estimate of drug-likeness (QED) is 0.191. The van der Waals surface area contributed by atoms with Gasteiger partial charge in [0.1, 0.15) is 0 Å². The van der Waals surface area contributed by atoms with Gasteiger partial charge in [0.05, 0.1) is 0 Å². The molecule has 0 heterocycles. The standard InChI is InChI=1S/2Fe.2Li.Mn.2H3O4P.2H/c;;;;;2*1-5(2,3)4;;/h;;;;;2*(H3,1,2,3,4);;. The molecule has 0 aromatic heterocycles. The van der Waals surface area contributed by atoms with E-state index in [0.29, 0.717) is 0 Å². The molecule has 0 amide bonds. The van der Waals surface area contributed by atoms with Gasteiger partial charge < -0.3 is 29.4 Å². The van der Waals surface area contributed by atoms with Crippen molar-refractivity contribution in [2.24, 2.45) is 0 Å². The summed E-state index contributed by atoms with van der Waals surface area (Å²) < 4.78 is 17.8. The summed E-state index contributed by atoms with van der Waals surface area (Å²) in [6.45, 7) is 0. The van der Waals surface area contributed by atoms with Crippen LogP contribution in [0.15, 0.2) is 0 Å². The van der Waals surface area contributed by atoms with Crippen LogP contribution in [0.3, 0.4) is 0 Å². The Labute approximate surface area is 142 Å². The van der Waals surface area contributed by atoms with Crippen LogP contribution >= 0.6 is 15.6 Å². The van der Waals surface area contributed by atoms with Crippen LogP contribution in [0.4, 0.5) is 0 Å². The average Bonchev–Trinajstić information content (AvgIpc) is 1.12. The average molecular weight is 379 g/mol. The van der Waals surface area contributed by atoms with Gasteiger partial charge in [0.25, 0.3) is 0 Å². The second-order valence-electron chi connectivity index (χ2n) is 1.03. The maximum absolute atomic E-state index is 8.88. The fourth-order valence-corrected chi connectivity index (χ4v) is 0. The summed E-state index contributed by atoms with van der Waals surface area (Å²) in [6.07, 6.45) is 0. The molecule has 0 saturated heterocycles. The van der Waals surface area contributed by atoms with Crippen molar-refractivity contribution in [3.63, 3.8) is 0 Å². The number of hydrogen-bond acceptors (Lipinski definition) is 2. The second kappa shape index (κ2) is 19.3. The molecule has 6 N–H and O–H groups in total. The van der Waals surface area contributed by atoms with Gasteiger partial charge in [0, 0.05) is 51.2 Å². The van der Waals surface area contributed by atoms with E-state index < -0.39 is 15.6 Å². The SMILES string of the molecule is O=P(O)(O)O.O=P(O)(O)O.[Fe].[Fe].[LiH].[LiH].[Mn]. The largest absolute Gasteiger partial charge is 0 e. The van der Waals surface area contributed by atoms with E-state index in [1.54, 1.807) is 0 Å². The van der Waals surface area contributed by atoms with Gasteiger partial charge in [-0.1, -0.05) is 0 Å². The molecule has 0 unspecified atom stereocenters. The van der Waals surface area contributed by atoms with Crippen molar-refractivity contribution in [1.29, 1.82) is 0 Å². The second-order valence-corrected chi connectivity index (χ2v) is 3.08. The van der Waals surface area contributed by atoms with Crippen molar-refractivity contribution in [3.05, 3.63) is 0 Å². The zero-order valence-electron chi connectivity index (χ0n) is 5.48. The molecule has 0 saturated carbocycles. The molecule has 15 heavy (non-hydrogen) atoms. The minimum absolute atomic E-state index is 0. The van der Waals surface area contributed by atoms with Crippen LogP contribution in [0.2, 0.25) is 0 Å². The van der Waals surface area contributed by atoms with Crippen molar-refractivity contribution < 1.29 is 89.7 Å². The summed E-state index contributed by atoms with van der Waals surface area (Å²) in [6, 6.07) is 0. The zero-order valence-corrected chi connectivity index (χ0v) is 10.7. The van der Waals surface area contributed by atoms with Gasteiger partial charge in [-0.05, 0) is 0 Å². The Morgan fingerprint density at radius 3 is 0.600 bits per heavy atom. The Morgan fingerprint density at radius 1 is 0.600 bits per heavy atom. The molecule has 0 aliphatic rings. The molecule has 15 heteroatoms. The molecule has 1 radical (unpaired) electrons. The van der Waals surface area contributed by atoms with Gasteiger partial charge in [-0.25, -0.2) is 9.13 Å². The van der Waals surface area contributed by atoms with Crippen molar-refractivity contribution in [3.8, 4) is 0 Å². The zero-order chi connectivity index (χ0) is 9.00. The predicted octanol–water partition coefficient (Wildman–Crippen LogP) is -3.16. The first-order valence-corrected chi connectivity index (χ1v) is 4.70. The van der Waals surface area contributed by atoms with Gasteiger partial charge in [0.2, 0.25) is 0 Å². The molecule has 0 fully saturated rings. The van der Waals surface area contributed by atoms with Gasteiger partial charge >= 0.3 is 53.4 Å². The van der Waals surface area contributed by atoms with Crippen LogP contribution in [-0.4, -0.2) is 67.1 Å². The maximum Gasteiger partial charge on any atom is 0 e. The molecule has 0 atom stereocenters. The normalized spacial score (nSPS) is 7.87. The van der Waals surface area contributed by atoms with E-state index in [1.165, 1.54) is 0 Å². The van der Waals surface area contributed by atoms with Crippen LogP contribution < -0.4 is 0 Å². The van der Waals surface area contributed by atoms with E-state index in [-0.39, 0.29) is 88.9 Å². The number of hydrogen-bond donors (Lipinski definition) is 6. The fourth-order valence-electron chi connectivity index (χ4n) is 0. The van der Waals surface area contributed by atoms with Crippen molar-refractivity contribution >= 4 is 53.4 Å². The summed E-state index contributed by atoms with van der Waals surface area (Å²) in [5.41, 5.74) is 0. The molecule has 91 valence electrons. The molecule has 0 bridgehead atoms. The van der Waals surface area contributed by atoms with Gasteiger partial charge in [-0.2, -0.15) is 0 Å². The van der Waals surface area contributed by atoms with E-state index in [4.69, 9.17) is 38.5 Å². The van der Waals surface area contributed by atoms with Crippen LogP contribution in [0.25, 0.3) is 0 Å². The Morgan fingerprint density at radius 2 is 0.600 bits per heavy atom. The molecular weight excluding hydrogens is 370 g/mol. The summed E-state index contributed by atoms with van der Waals surface area (Å²) in [5, 5.41) is 0. The summed E-state index contributed by atoms with van der Waals surface area (Å²) >= 11 is 0. The third-order valence-corrected chi connectivity index (χ3v) is 0. The predicted molar refractivity (Wildman–Crippen MR) is 42.8 cm³/mol. The molecular formula is H8Fe2Li2MnO8P2. The third kappa shape index (κ3) is 430. The summed E-state index contributed by atoms with van der Waals surface area (Å²) in [5.74, 6) is 0. The van der Waals surface area contributed by atoms with Gasteiger partial charge in [-0.15, -0.1) is 0 Å². The van der Waals surface area contributed by atoms with E-state index in [1.807, 2.05) is 0 Å².